The maximum atomic E-state index is 6.84. The zero-order chi connectivity index (χ0) is 33.4. The molecule has 0 saturated carbocycles. The molecule has 0 spiro atoms. The SMILES string of the molecule is CCCCCN(CCCCC)CCC(COCC(CCN(CCCCC)CCCCC)N(CCC)CCC)N(CCC)CCC. The molecule has 2 unspecified atom stereocenters. The average Bonchev–Trinajstić information content (AvgIpc) is 3.03. The Balaban J connectivity index is 5.59. The Morgan fingerprint density at radius 2 is 0.622 bits per heavy atom. The van der Waals surface area contributed by atoms with Crippen LogP contribution in [0.2, 0.25) is 0 Å². The molecule has 0 heterocycles. The van der Waals surface area contributed by atoms with Gasteiger partial charge in [-0.2, -0.15) is 0 Å². The molecule has 5 heteroatoms. The van der Waals surface area contributed by atoms with Crippen molar-refractivity contribution >= 4 is 0 Å². The van der Waals surface area contributed by atoms with Gasteiger partial charge in [-0.05, 0) is 130 Å². The number of hydrogen-bond donors (Lipinski definition) is 0. The smallest absolute Gasteiger partial charge is 0.0623 e. The van der Waals surface area contributed by atoms with Gasteiger partial charge in [-0.25, -0.2) is 0 Å². The van der Waals surface area contributed by atoms with Gasteiger partial charge in [0.1, 0.15) is 0 Å². The van der Waals surface area contributed by atoms with Gasteiger partial charge in [0.15, 0.2) is 0 Å². The Bertz CT molecular complexity index is 496. The molecular weight excluding hydrogens is 552 g/mol. The first-order valence-corrected chi connectivity index (χ1v) is 20.5. The van der Waals surface area contributed by atoms with E-state index in [2.05, 4.69) is 75.0 Å². The lowest BCUT2D eigenvalue weighted by Crippen LogP contribution is -2.45. The van der Waals surface area contributed by atoms with Crippen LogP contribution in [0.1, 0.15) is 171 Å². The third kappa shape index (κ3) is 24.6. The van der Waals surface area contributed by atoms with Crippen molar-refractivity contribution in [2.45, 2.75) is 183 Å². The Kier molecular flexibility index (Phi) is 33.5. The van der Waals surface area contributed by atoms with Crippen LogP contribution in [-0.2, 0) is 4.74 Å². The predicted molar refractivity (Wildman–Crippen MR) is 203 cm³/mol. The number of hydrogen-bond acceptors (Lipinski definition) is 5. The minimum atomic E-state index is 0.524. The lowest BCUT2D eigenvalue weighted by Gasteiger charge is -2.36. The van der Waals surface area contributed by atoms with Crippen LogP contribution in [0.5, 0.6) is 0 Å². The van der Waals surface area contributed by atoms with Gasteiger partial charge in [-0.15, -0.1) is 0 Å². The van der Waals surface area contributed by atoms with Crippen LogP contribution in [0.3, 0.4) is 0 Å². The Hall–Kier alpha value is -0.200. The van der Waals surface area contributed by atoms with Crippen LogP contribution in [0, 0.1) is 0 Å². The second-order valence-corrected chi connectivity index (χ2v) is 14.0. The van der Waals surface area contributed by atoms with Gasteiger partial charge in [0, 0.05) is 12.1 Å². The summed E-state index contributed by atoms with van der Waals surface area (Å²) in [5.41, 5.74) is 0. The highest BCUT2D eigenvalue weighted by molar-refractivity contribution is 4.77. The summed E-state index contributed by atoms with van der Waals surface area (Å²) in [6.45, 7) is 32.8. The van der Waals surface area contributed by atoms with Crippen LogP contribution >= 0.6 is 0 Å². The van der Waals surface area contributed by atoms with Crippen molar-refractivity contribution in [2.75, 3.05) is 78.7 Å². The van der Waals surface area contributed by atoms with Gasteiger partial charge < -0.3 is 14.5 Å². The summed E-state index contributed by atoms with van der Waals surface area (Å²) in [5.74, 6) is 0. The number of unbranched alkanes of at least 4 members (excludes halogenated alkanes) is 8. The molecule has 0 aliphatic carbocycles. The van der Waals surface area contributed by atoms with Gasteiger partial charge in [0.05, 0.1) is 13.2 Å². The van der Waals surface area contributed by atoms with Crippen LogP contribution < -0.4 is 0 Å². The highest BCUT2D eigenvalue weighted by Gasteiger charge is 2.23. The molecule has 0 bridgehead atoms. The molecule has 2 atom stereocenters. The van der Waals surface area contributed by atoms with Gasteiger partial charge in [0.2, 0.25) is 0 Å². The van der Waals surface area contributed by atoms with E-state index in [1.54, 1.807) is 0 Å². The third-order valence-corrected chi connectivity index (χ3v) is 9.57. The summed E-state index contributed by atoms with van der Waals surface area (Å²) >= 11 is 0. The molecule has 0 rings (SSSR count). The zero-order valence-corrected chi connectivity index (χ0v) is 32.6. The van der Waals surface area contributed by atoms with Crippen LogP contribution in [0.25, 0.3) is 0 Å². The monoisotopic (exact) mass is 639 g/mol. The largest absolute Gasteiger partial charge is 0.378 e. The molecular formula is C40H86N4O. The number of ether oxygens (including phenoxy) is 1. The molecule has 5 nitrogen and oxygen atoms in total. The minimum Gasteiger partial charge on any atom is -0.378 e. The Labute approximate surface area is 285 Å². The summed E-state index contributed by atoms with van der Waals surface area (Å²) in [4.78, 5) is 11.1. The van der Waals surface area contributed by atoms with E-state index in [4.69, 9.17) is 4.74 Å². The van der Waals surface area contributed by atoms with E-state index < -0.39 is 0 Å². The molecule has 0 N–H and O–H groups in total. The normalized spacial score (nSPS) is 13.6. The van der Waals surface area contributed by atoms with E-state index in [0.717, 1.165) is 13.2 Å². The molecule has 0 radical (unpaired) electrons. The van der Waals surface area contributed by atoms with Crippen LogP contribution in [-0.4, -0.2) is 110 Å². The van der Waals surface area contributed by atoms with Gasteiger partial charge >= 0.3 is 0 Å². The topological polar surface area (TPSA) is 22.2 Å². The van der Waals surface area contributed by atoms with Crippen molar-refractivity contribution < 1.29 is 4.74 Å². The van der Waals surface area contributed by atoms with Crippen LogP contribution in [0.4, 0.5) is 0 Å². The molecule has 0 aromatic heterocycles. The first-order chi connectivity index (χ1) is 22.0. The number of nitrogens with zero attached hydrogens (tertiary/aromatic N) is 4. The van der Waals surface area contributed by atoms with E-state index in [-0.39, 0.29) is 0 Å². The maximum absolute atomic E-state index is 6.84. The van der Waals surface area contributed by atoms with E-state index in [1.807, 2.05) is 0 Å². The van der Waals surface area contributed by atoms with Crippen molar-refractivity contribution in [1.29, 1.82) is 0 Å². The standard InChI is InChI=1S/C40H86N4O/c1-9-17-21-31-41(32-22-18-10-2)35-25-39(43(27-13-5)28-14-6)37-45-38-40(44(29-15-7)30-16-8)26-36-42(33-23-19-11-3)34-24-20-12-4/h39-40H,9-38H2,1-8H3. The fourth-order valence-corrected chi connectivity index (χ4v) is 6.86. The Morgan fingerprint density at radius 1 is 0.333 bits per heavy atom. The summed E-state index contributed by atoms with van der Waals surface area (Å²) < 4.78 is 6.84. The quantitative estimate of drug-likeness (QED) is 0.0635. The minimum absolute atomic E-state index is 0.524. The van der Waals surface area contributed by atoms with Gasteiger partial charge in [-0.1, -0.05) is 107 Å². The van der Waals surface area contributed by atoms with Crippen molar-refractivity contribution in [2.24, 2.45) is 0 Å². The lowest BCUT2D eigenvalue weighted by atomic mass is 10.1. The highest BCUT2D eigenvalue weighted by Crippen LogP contribution is 2.15. The number of rotatable bonds is 36. The molecule has 272 valence electrons. The Morgan fingerprint density at radius 3 is 0.867 bits per heavy atom. The maximum Gasteiger partial charge on any atom is 0.0623 e. The fourth-order valence-electron chi connectivity index (χ4n) is 6.86. The molecule has 45 heavy (non-hydrogen) atoms. The zero-order valence-electron chi connectivity index (χ0n) is 32.6. The highest BCUT2D eigenvalue weighted by atomic mass is 16.5. The molecule has 0 aliphatic heterocycles. The fraction of sp³-hybridized carbons (Fsp3) is 1.00. The van der Waals surface area contributed by atoms with Gasteiger partial charge in [0.25, 0.3) is 0 Å². The van der Waals surface area contributed by atoms with Crippen LogP contribution in [0.15, 0.2) is 0 Å². The first-order valence-electron chi connectivity index (χ1n) is 20.5. The van der Waals surface area contributed by atoms with Crippen molar-refractivity contribution in [3.8, 4) is 0 Å². The van der Waals surface area contributed by atoms with Crippen molar-refractivity contribution in [3.05, 3.63) is 0 Å². The van der Waals surface area contributed by atoms with Crippen molar-refractivity contribution in [3.63, 3.8) is 0 Å². The van der Waals surface area contributed by atoms with Gasteiger partial charge in [-0.3, -0.25) is 9.80 Å². The third-order valence-electron chi connectivity index (χ3n) is 9.57. The lowest BCUT2D eigenvalue weighted by molar-refractivity contribution is 0.0115. The van der Waals surface area contributed by atoms with E-state index in [1.165, 1.54) is 181 Å². The summed E-state index contributed by atoms with van der Waals surface area (Å²) in [6, 6.07) is 1.05. The molecule has 0 saturated heterocycles. The first kappa shape index (κ1) is 44.8. The molecule has 0 aromatic rings. The summed E-state index contributed by atoms with van der Waals surface area (Å²) in [7, 11) is 0. The molecule has 0 amide bonds. The van der Waals surface area contributed by atoms with E-state index in [0.29, 0.717) is 12.1 Å². The second kappa shape index (κ2) is 33.7. The summed E-state index contributed by atoms with van der Waals surface area (Å²) in [6.07, 6.45) is 23.4. The molecule has 0 fully saturated rings. The molecule has 0 aliphatic rings. The molecule has 0 aromatic carbocycles. The average molecular weight is 639 g/mol. The van der Waals surface area contributed by atoms with E-state index in [9.17, 15) is 0 Å². The second-order valence-electron chi connectivity index (χ2n) is 14.0. The van der Waals surface area contributed by atoms with E-state index >= 15 is 0 Å². The predicted octanol–water partition coefficient (Wildman–Crippen LogP) is 10.1. The van der Waals surface area contributed by atoms with Crippen molar-refractivity contribution in [1.82, 2.24) is 19.6 Å². The summed E-state index contributed by atoms with van der Waals surface area (Å²) in [5, 5.41) is 0.